The minimum Gasteiger partial charge on any atom is -0.494 e. The summed E-state index contributed by atoms with van der Waals surface area (Å²) in [6, 6.07) is 7.84. The fourth-order valence-electron chi connectivity index (χ4n) is 3.81. The first-order valence-corrected chi connectivity index (χ1v) is 9.95. The number of aryl methyl sites for hydroxylation is 2. The maximum absolute atomic E-state index is 12.8. The molecule has 0 fully saturated rings. The van der Waals surface area contributed by atoms with Crippen LogP contribution in [0.5, 0.6) is 5.75 Å². The molecule has 0 aliphatic heterocycles. The highest BCUT2D eigenvalue weighted by Crippen LogP contribution is 2.21. The van der Waals surface area contributed by atoms with Crippen LogP contribution in [0.15, 0.2) is 33.9 Å². The van der Waals surface area contributed by atoms with Crippen molar-refractivity contribution >= 4 is 22.6 Å². The Morgan fingerprint density at radius 1 is 1.03 bits per heavy atom. The van der Waals surface area contributed by atoms with Crippen LogP contribution >= 0.6 is 0 Å². The van der Waals surface area contributed by atoms with Crippen LogP contribution in [0.3, 0.4) is 0 Å². The van der Waals surface area contributed by atoms with Crippen LogP contribution in [0, 0.1) is 13.8 Å². The van der Waals surface area contributed by atoms with Crippen molar-refractivity contribution < 1.29 is 4.74 Å². The van der Waals surface area contributed by atoms with Crippen LogP contribution < -0.4 is 21.3 Å². The molecule has 0 saturated heterocycles. The van der Waals surface area contributed by atoms with E-state index in [2.05, 4.69) is 14.9 Å². The molecule has 0 unspecified atom stereocenters. The number of anilines is 1. The molecular weight excluding hydrogens is 384 g/mol. The van der Waals surface area contributed by atoms with Gasteiger partial charge in [-0.2, -0.15) is 4.98 Å². The zero-order chi connectivity index (χ0) is 21.6. The van der Waals surface area contributed by atoms with Gasteiger partial charge in [0.2, 0.25) is 5.78 Å². The van der Waals surface area contributed by atoms with Crippen LogP contribution in [0.4, 0.5) is 5.69 Å². The molecule has 1 N–H and O–H groups in total. The topological polar surface area (TPSA) is 87.5 Å². The Balaban J connectivity index is 1.68. The smallest absolute Gasteiger partial charge is 0.332 e. The molecule has 0 bridgehead atoms. The molecule has 4 rings (SSSR count). The van der Waals surface area contributed by atoms with Gasteiger partial charge in [-0.15, -0.1) is 0 Å². The first-order chi connectivity index (χ1) is 14.3. The second-order valence-corrected chi connectivity index (χ2v) is 7.33. The van der Waals surface area contributed by atoms with Crippen LogP contribution in [0.25, 0.3) is 16.9 Å². The van der Waals surface area contributed by atoms with E-state index in [0.717, 1.165) is 27.4 Å². The largest absolute Gasteiger partial charge is 0.494 e. The Hall–Kier alpha value is -3.49. The van der Waals surface area contributed by atoms with Crippen molar-refractivity contribution in [2.24, 2.45) is 14.1 Å². The third-order valence-electron chi connectivity index (χ3n) is 5.58. The summed E-state index contributed by atoms with van der Waals surface area (Å²) in [6.45, 7) is 7.92. The normalized spacial score (nSPS) is 11.5. The van der Waals surface area contributed by atoms with E-state index >= 15 is 0 Å². The summed E-state index contributed by atoms with van der Waals surface area (Å²) in [4.78, 5) is 29.7. The number of hydrogen-bond acceptors (Lipinski definition) is 5. The number of rotatable bonds is 6. The SMILES string of the molecule is CCOc1ccc(NCCn2c(C)c(C)n3c4c(=O)n(C)c(=O)n(C)c4nc23)cc1. The Morgan fingerprint density at radius 2 is 1.73 bits per heavy atom. The first kappa shape index (κ1) is 19.8. The van der Waals surface area contributed by atoms with Crippen LogP contribution in [-0.4, -0.2) is 36.2 Å². The first-order valence-electron chi connectivity index (χ1n) is 9.95. The number of nitrogens with zero attached hydrogens (tertiary/aromatic N) is 5. The maximum atomic E-state index is 12.8. The molecule has 9 heteroatoms. The van der Waals surface area contributed by atoms with Crippen molar-refractivity contribution in [3.05, 3.63) is 56.5 Å². The molecule has 9 nitrogen and oxygen atoms in total. The molecule has 0 radical (unpaired) electrons. The van der Waals surface area contributed by atoms with Crippen molar-refractivity contribution in [2.45, 2.75) is 27.3 Å². The molecule has 0 spiro atoms. The zero-order valence-corrected chi connectivity index (χ0v) is 17.9. The van der Waals surface area contributed by atoms with Crippen LogP contribution in [-0.2, 0) is 20.6 Å². The third-order valence-corrected chi connectivity index (χ3v) is 5.58. The van der Waals surface area contributed by atoms with Gasteiger partial charge in [0.15, 0.2) is 11.2 Å². The zero-order valence-electron chi connectivity index (χ0n) is 17.9. The van der Waals surface area contributed by atoms with Gasteiger partial charge < -0.3 is 14.6 Å². The van der Waals surface area contributed by atoms with Crippen molar-refractivity contribution in [1.82, 2.24) is 23.1 Å². The molecule has 0 saturated carbocycles. The highest BCUT2D eigenvalue weighted by atomic mass is 16.5. The number of hydrogen-bond donors (Lipinski definition) is 1. The van der Waals surface area contributed by atoms with E-state index in [9.17, 15) is 9.59 Å². The molecule has 0 amide bonds. The van der Waals surface area contributed by atoms with Crippen molar-refractivity contribution in [3.63, 3.8) is 0 Å². The number of aromatic nitrogens is 5. The minimum absolute atomic E-state index is 0.339. The number of nitrogens with one attached hydrogen (secondary N) is 1. The van der Waals surface area contributed by atoms with Gasteiger partial charge in [0, 0.05) is 44.3 Å². The predicted octanol–water partition coefficient (Wildman–Crippen LogP) is 1.81. The number of benzene rings is 1. The summed E-state index contributed by atoms with van der Waals surface area (Å²) in [6.07, 6.45) is 0. The summed E-state index contributed by atoms with van der Waals surface area (Å²) in [5, 5.41) is 3.40. The summed E-state index contributed by atoms with van der Waals surface area (Å²) in [5.74, 6) is 1.50. The van der Waals surface area contributed by atoms with Gasteiger partial charge in [0.25, 0.3) is 5.56 Å². The van der Waals surface area contributed by atoms with E-state index in [1.807, 2.05) is 49.4 Å². The average Bonchev–Trinajstić information content (AvgIpc) is 3.23. The summed E-state index contributed by atoms with van der Waals surface area (Å²) < 4.78 is 11.9. The molecule has 30 heavy (non-hydrogen) atoms. The maximum Gasteiger partial charge on any atom is 0.332 e. The lowest BCUT2D eigenvalue weighted by Gasteiger charge is -2.10. The monoisotopic (exact) mass is 410 g/mol. The van der Waals surface area contributed by atoms with Crippen LogP contribution in [0.1, 0.15) is 18.3 Å². The fourth-order valence-corrected chi connectivity index (χ4v) is 3.81. The Bertz CT molecular complexity index is 1350. The lowest BCUT2D eigenvalue weighted by Crippen LogP contribution is -2.37. The Morgan fingerprint density at radius 3 is 2.40 bits per heavy atom. The molecule has 4 aromatic rings. The molecule has 0 atom stereocenters. The highest BCUT2D eigenvalue weighted by Gasteiger charge is 2.21. The number of fused-ring (bicyclic) bond motifs is 3. The van der Waals surface area contributed by atoms with E-state index in [-0.39, 0.29) is 11.2 Å². The van der Waals surface area contributed by atoms with E-state index < -0.39 is 0 Å². The van der Waals surface area contributed by atoms with Crippen molar-refractivity contribution in [1.29, 1.82) is 0 Å². The van der Waals surface area contributed by atoms with Gasteiger partial charge in [-0.25, -0.2) is 4.79 Å². The van der Waals surface area contributed by atoms with Gasteiger partial charge in [0.05, 0.1) is 6.61 Å². The molecule has 158 valence electrons. The van der Waals surface area contributed by atoms with Gasteiger partial charge in [-0.3, -0.25) is 18.3 Å². The van der Waals surface area contributed by atoms with Gasteiger partial charge in [0.1, 0.15) is 5.75 Å². The molecule has 3 heterocycles. The second kappa shape index (κ2) is 7.40. The number of imidazole rings is 2. The van der Waals surface area contributed by atoms with E-state index in [1.54, 1.807) is 7.05 Å². The Kier molecular flexibility index (Phi) is 4.89. The third kappa shape index (κ3) is 2.97. The van der Waals surface area contributed by atoms with E-state index in [4.69, 9.17) is 4.74 Å². The van der Waals surface area contributed by atoms with Crippen LogP contribution in [0.2, 0.25) is 0 Å². The average molecular weight is 410 g/mol. The van der Waals surface area contributed by atoms with E-state index in [1.165, 1.54) is 11.6 Å². The predicted molar refractivity (Wildman–Crippen MR) is 117 cm³/mol. The molecule has 1 aromatic carbocycles. The Labute approximate surface area is 173 Å². The standard InChI is InChI=1S/C21H26N6O3/c1-6-30-16-9-7-15(8-10-16)22-11-12-26-13(2)14(3)27-17-18(23-20(26)27)24(4)21(29)25(5)19(17)28/h7-10,22H,6,11-12H2,1-5H3. The van der Waals surface area contributed by atoms with E-state index in [0.29, 0.717) is 36.6 Å². The fraction of sp³-hybridized carbons (Fsp3) is 0.381. The lowest BCUT2D eigenvalue weighted by molar-refractivity contribution is 0.340. The summed E-state index contributed by atoms with van der Waals surface area (Å²) >= 11 is 0. The molecule has 3 aromatic heterocycles. The van der Waals surface area contributed by atoms with Gasteiger partial charge >= 0.3 is 5.69 Å². The molecular formula is C21H26N6O3. The summed E-state index contributed by atoms with van der Waals surface area (Å²) in [5.41, 5.74) is 3.07. The van der Waals surface area contributed by atoms with Crippen molar-refractivity contribution in [2.75, 3.05) is 18.5 Å². The highest BCUT2D eigenvalue weighted by molar-refractivity contribution is 5.76. The molecule has 0 aliphatic carbocycles. The van der Waals surface area contributed by atoms with Gasteiger partial charge in [-0.1, -0.05) is 0 Å². The quantitative estimate of drug-likeness (QED) is 0.524. The second-order valence-electron chi connectivity index (χ2n) is 7.33. The molecule has 0 aliphatic rings. The number of ether oxygens (including phenoxy) is 1. The lowest BCUT2D eigenvalue weighted by atomic mass is 10.3. The van der Waals surface area contributed by atoms with Crippen molar-refractivity contribution in [3.8, 4) is 5.75 Å². The minimum atomic E-state index is -0.383. The van der Waals surface area contributed by atoms with Gasteiger partial charge in [-0.05, 0) is 45.0 Å². The summed E-state index contributed by atoms with van der Waals surface area (Å²) in [7, 11) is 3.12.